The third-order valence-electron chi connectivity index (χ3n) is 2.35. The topological polar surface area (TPSA) is 35.5 Å². The van der Waals surface area contributed by atoms with Gasteiger partial charge in [0, 0.05) is 12.5 Å². The number of unbranched alkanes of at least 4 members (excludes halogenated alkanes) is 1. The van der Waals surface area contributed by atoms with Crippen molar-refractivity contribution in [2.24, 2.45) is 0 Å². The molecule has 3 nitrogen and oxygen atoms in total. The van der Waals surface area contributed by atoms with Crippen LogP contribution in [0.4, 0.5) is 0 Å². The quantitative estimate of drug-likeness (QED) is 0.570. The van der Waals surface area contributed by atoms with E-state index < -0.39 is 0 Å². The molecule has 1 aliphatic rings. The second-order valence-electron chi connectivity index (χ2n) is 3.53. The predicted octanol–water partition coefficient (Wildman–Crippen LogP) is 2.05. The Hall–Kier alpha value is -1.95. The summed E-state index contributed by atoms with van der Waals surface area (Å²) in [6.45, 7) is 0.715. The Labute approximate surface area is 94.4 Å². The van der Waals surface area contributed by atoms with E-state index in [0.717, 1.165) is 6.42 Å². The molecule has 0 fully saturated rings. The number of ether oxygens (including phenoxy) is 2. The number of terminal acetylenes is 1. The van der Waals surface area contributed by atoms with Crippen LogP contribution in [0.2, 0.25) is 0 Å². The molecule has 0 amide bonds. The summed E-state index contributed by atoms with van der Waals surface area (Å²) in [4.78, 5) is 11.3. The Morgan fingerprint density at radius 3 is 3.19 bits per heavy atom. The molecular formula is C13H12O3. The third kappa shape index (κ3) is 2.17. The molecule has 0 atom stereocenters. The number of Topliss-reactive ketones (excluding diaryl/α,β-unsaturated/α-hetero) is 1. The average molecular weight is 216 g/mol. The zero-order valence-corrected chi connectivity index (χ0v) is 8.86. The molecule has 0 saturated heterocycles. The highest BCUT2D eigenvalue weighted by atomic mass is 16.5. The Balaban J connectivity index is 1.97. The lowest BCUT2D eigenvalue weighted by Crippen LogP contribution is -1.98. The second-order valence-corrected chi connectivity index (χ2v) is 3.53. The van der Waals surface area contributed by atoms with Gasteiger partial charge in [-0.15, -0.1) is 12.3 Å². The van der Waals surface area contributed by atoms with Gasteiger partial charge in [0.2, 0.25) is 5.78 Å². The van der Waals surface area contributed by atoms with Crippen molar-refractivity contribution in [3.63, 3.8) is 0 Å². The van der Waals surface area contributed by atoms with E-state index in [2.05, 4.69) is 5.92 Å². The predicted molar refractivity (Wildman–Crippen MR) is 59.8 cm³/mol. The van der Waals surface area contributed by atoms with Crippen molar-refractivity contribution in [2.45, 2.75) is 12.8 Å². The fourth-order valence-electron chi connectivity index (χ4n) is 1.53. The van der Waals surface area contributed by atoms with Crippen molar-refractivity contribution in [2.75, 3.05) is 13.2 Å². The average Bonchev–Trinajstić information content (AvgIpc) is 2.66. The molecule has 0 radical (unpaired) electrons. The summed E-state index contributed by atoms with van der Waals surface area (Å²) in [5.74, 6) is 3.90. The van der Waals surface area contributed by atoms with Crippen LogP contribution in [0.1, 0.15) is 23.2 Å². The van der Waals surface area contributed by atoms with Crippen molar-refractivity contribution in [3.05, 3.63) is 23.8 Å². The maximum Gasteiger partial charge on any atom is 0.203 e. The van der Waals surface area contributed by atoms with Gasteiger partial charge in [0.1, 0.15) is 11.5 Å². The van der Waals surface area contributed by atoms with Crippen LogP contribution in [0.25, 0.3) is 0 Å². The van der Waals surface area contributed by atoms with Crippen molar-refractivity contribution in [1.29, 1.82) is 0 Å². The van der Waals surface area contributed by atoms with Crippen LogP contribution < -0.4 is 9.47 Å². The summed E-state index contributed by atoms with van der Waals surface area (Å²) in [6.07, 6.45) is 6.67. The molecule has 16 heavy (non-hydrogen) atoms. The largest absolute Gasteiger partial charge is 0.493 e. The lowest BCUT2D eigenvalue weighted by molar-refractivity contribution is 0.0961. The first kappa shape index (κ1) is 10.6. The maximum absolute atomic E-state index is 11.3. The highest BCUT2D eigenvalue weighted by Crippen LogP contribution is 2.29. The van der Waals surface area contributed by atoms with E-state index in [1.165, 1.54) is 0 Å². The lowest BCUT2D eigenvalue weighted by Gasteiger charge is -2.06. The molecule has 82 valence electrons. The number of rotatable bonds is 4. The van der Waals surface area contributed by atoms with Crippen molar-refractivity contribution in [1.82, 2.24) is 0 Å². The van der Waals surface area contributed by atoms with E-state index in [1.807, 2.05) is 0 Å². The minimum Gasteiger partial charge on any atom is -0.493 e. The van der Waals surface area contributed by atoms with Gasteiger partial charge in [0.15, 0.2) is 6.61 Å². The molecule has 2 rings (SSSR count). The normalized spacial score (nSPS) is 12.8. The lowest BCUT2D eigenvalue weighted by atomic mass is 10.1. The monoisotopic (exact) mass is 216 g/mol. The Bertz CT molecular complexity index is 443. The van der Waals surface area contributed by atoms with Gasteiger partial charge in [-0.3, -0.25) is 4.79 Å². The summed E-state index contributed by atoms with van der Waals surface area (Å²) < 4.78 is 10.7. The van der Waals surface area contributed by atoms with Crippen molar-refractivity contribution < 1.29 is 14.3 Å². The Morgan fingerprint density at radius 2 is 2.38 bits per heavy atom. The third-order valence-corrected chi connectivity index (χ3v) is 2.35. The van der Waals surface area contributed by atoms with Gasteiger partial charge in [-0.1, -0.05) is 0 Å². The second kappa shape index (κ2) is 4.71. The van der Waals surface area contributed by atoms with Crippen LogP contribution >= 0.6 is 0 Å². The molecule has 0 aliphatic carbocycles. The van der Waals surface area contributed by atoms with Gasteiger partial charge >= 0.3 is 0 Å². The summed E-state index contributed by atoms with van der Waals surface area (Å²) >= 11 is 0. The van der Waals surface area contributed by atoms with Crippen LogP contribution in [0, 0.1) is 12.3 Å². The van der Waals surface area contributed by atoms with Crippen LogP contribution in [-0.2, 0) is 0 Å². The van der Waals surface area contributed by atoms with E-state index in [9.17, 15) is 4.79 Å². The van der Waals surface area contributed by atoms with E-state index in [0.29, 0.717) is 30.1 Å². The number of carbonyl (C=O) groups excluding carboxylic acids is 1. The van der Waals surface area contributed by atoms with Crippen LogP contribution in [-0.4, -0.2) is 19.0 Å². The van der Waals surface area contributed by atoms with E-state index in [1.54, 1.807) is 18.2 Å². The van der Waals surface area contributed by atoms with E-state index >= 15 is 0 Å². The molecule has 1 aliphatic heterocycles. The Morgan fingerprint density at radius 1 is 1.50 bits per heavy atom. The number of hydrogen-bond acceptors (Lipinski definition) is 3. The van der Waals surface area contributed by atoms with Crippen molar-refractivity contribution >= 4 is 5.78 Å². The SMILES string of the molecule is C#CCCCOc1ccc2c(c1)OCC2=O. The first-order valence-corrected chi connectivity index (χ1v) is 5.17. The number of benzene rings is 1. The summed E-state index contributed by atoms with van der Waals surface area (Å²) in [5.41, 5.74) is 0.635. The molecule has 0 spiro atoms. The molecule has 3 heteroatoms. The van der Waals surface area contributed by atoms with Gasteiger partial charge < -0.3 is 9.47 Å². The highest BCUT2D eigenvalue weighted by molar-refractivity contribution is 6.02. The molecule has 0 unspecified atom stereocenters. The zero-order chi connectivity index (χ0) is 11.4. The van der Waals surface area contributed by atoms with Gasteiger partial charge in [0.25, 0.3) is 0 Å². The number of ketones is 1. The Kier molecular flexibility index (Phi) is 3.11. The number of fused-ring (bicyclic) bond motifs is 1. The smallest absolute Gasteiger partial charge is 0.203 e. The molecule has 1 heterocycles. The minimum atomic E-state index is 0.0221. The van der Waals surface area contributed by atoms with E-state index in [4.69, 9.17) is 15.9 Å². The van der Waals surface area contributed by atoms with Gasteiger partial charge in [-0.2, -0.15) is 0 Å². The first-order valence-electron chi connectivity index (χ1n) is 5.17. The number of hydrogen-bond donors (Lipinski definition) is 0. The van der Waals surface area contributed by atoms with Gasteiger partial charge in [0.05, 0.1) is 12.2 Å². The maximum atomic E-state index is 11.3. The van der Waals surface area contributed by atoms with Crippen LogP contribution in [0.5, 0.6) is 11.5 Å². The minimum absolute atomic E-state index is 0.0221. The van der Waals surface area contributed by atoms with Gasteiger partial charge in [-0.05, 0) is 18.6 Å². The highest BCUT2D eigenvalue weighted by Gasteiger charge is 2.21. The summed E-state index contributed by atoms with van der Waals surface area (Å²) in [5, 5.41) is 0. The first-order chi connectivity index (χ1) is 7.81. The van der Waals surface area contributed by atoms with E-state index in [-0.39, 0.29) is 12.4 Å². The fourth-order valence-corrected chi connectivity index (χ4v) is 1.53. The van der Waals surface area contributed by atoms with Crippen LogP contribution in [0.15, 0.2) is 18.2 Å². The number of carbonyl (C=O) groups is 1. The standard InChI is InChI=1S/C13H12O3/c1-2-3-4-7-15-10-5-6-11-12(14)9-16-13(11)8-10/h1,5-6,8H,3-4,7,9H2. The molecule has 0 N–H and O–H groups in total. The molecule has 1 aromatic rings. The fraction of sp³-hybridized carbons (Fsp3) is 0.308. The van der Waals surface area contributed by atoms with Crippen LogP contribution in [0.3, 0.4) is 0 Å². The molecular weight excluding hydrogens is 204 g/mol. The molecule has 1 aromatic carbocycles. The summed E-state index contributed by atoms with van der Waals surface area (Å²) in [6, 6.07) is 5.26. The molecule has 0 aromatic heterocycles. The molecule has 0 bridgehead atoms. The van der Waals surface area contributed by atoms with Crippen molar-refractivity contribution in [3.8, 4) is 23.8 Å². The zero-order valence-electron chi connectivity index (χ0n) is 8.86. The summed E-state index contributed by atoms with van der Waals surface area (Å²) in [7, 11) is 0. The molecule has 0 saturated carbocycles. The van der Waals surface area contributed by atoms with Gasteiger partial charge in [-0.25, -0.2) is 0 Å².